The molecular formula is C77H128O6. The highest BCUT2D eigenvalue weighted by Gasteiger charge is 2.19. The minimum absolute atomic E-state index is 0.0879. The van der Waals surface area contributed by atoms with E-state index in [9.17, 15) is 14.4 Å². The van der Waals surface area contributed by atoms with Crippen LogP contribution in [0.4, 0.5) is 0 Å². The van der Waals surface area contributed by atoms with E-state index in [0.29, 0.717) is 19.3 Å². The fourth-order valence-corrected chi connectivity index (χ4v) is 9.53. The van der Waals surface area contributed by atoms with Gasteiger partial charge in [-0.3, -0.25) is 14.4 Å². The molecule has 6 nitrogen and oxygen atoms in total. The predicted octanol–water partition coefficient (Wildman–Crippen LogP) is 24.1. The van der Waals surface area contributed by atoms with E-state index in [2.05, 4.69) is 154 Å². The van der Waals surface area contributed by atoms with Gasteiger partial charge in [0.15, 0.2) is 6.10 Å². The molecule has 0 aliphatic heterocycles. The van der Waals surface area contributed by atoms with Gasteiger partial charge in [-0.2, -0.15) is 0 Å². The van der Waals surface area contributed by atoms with E-state index in [1.54, 1.807) is 0 Å². The number of unbranched alkanes of at least 4 members (excludes halogenated alkanes) is 29. The molecule has 0 spiro atoms. The van der Waals surface area contributed by atoms with Crippen LogP contribution < -0.4 is 0 Å². The molecule has 0 saturated carbocycles. The number of carbonyl (C=O) groups excluding carboxylic acids is 3. The van der Waals surface area contributed by atoms with Crippen molar-refractivity contribution in [3.05, 3.63) is 134 Å². The van der Waals surface area contributed by atoms with E-state index in [-0.39, 0.29) is 31.1 Å². The maximum absolute atomic E-state index is 12.9. The molecule has 0 aromatic heterocycles. The Kier molecular flexibility index (Phi) is 66.3. The van der Waals surface area contributed by atoms with Gasteiger partial charge in [-0.15, -0.1) is 0 Å². The largest absolute Gasteiger partial charge is 0.462 e. The highest BCUT2D eigenvalue weighted by atomic mass is 16.6. The van der Waals surface area contributed by atoms with Crippen molar-refractivity contribution in [3.8, 4) is 0 Å². The number of esters is 3. The van der Waals surface area contributed by atoms with E-state index < -0.39 is 6.10 Å². The van der Waals surface area contributed by atoms with Crippen LogP contribution in [0.3, 0.4) is 0 Å². The van der Waals surface area contributed by atoms with E-state index >= 15 is 0 Å². The summed E-state index contributed by atoms with van der Waals surface area (Å²) in [6, 6.07) is 0. The normalized spacial score (nSPS) is 13.0. The summed E-state index contributed by atoms with van der Waals surface area (Å²) in [4.78, 5) is 38.5. The molecular weight excluding hydrogens is 1020 g/mol. The van der Waals surface area contributed by atoms with Gasteiger partial charge in [-0.05, 0) is 116 Å². The summed E-state index contributed by atoms with van der Waals surface area (Å²) < 4.78 is 17.0. The Morgan fingerprint density at radius 3 is 0.735 bits per heavy atom. The van der Waals surface area contributed by atoms with E-state index in [1.165, 1.54) is 128 Å². The van der Waals surface area contributed by atoms with Gasteiger partial charge in [0.1, 0.15) is 13.2 Å². The lowest BCUT2D eigenvalue weighted by molar-refractivity contribution is -0.167. The van der Waals surface area contributed by atoms with Crippen molar-refractivity contribution in [2.75, 3.05) is 13.2 Å². The molecule has 0 aromatic rings. The fourth-order valence-electron chi connectivity index (χ4n) is 9.53. The van der Waals surface area contributed by atoms with Gasteiger partial charge in [-0.25, -0.2) is 0 Å². The maximum Gasteiger partial charge on any atom is 0.306 e. The molecule has 0 saturated heterocycles. The van der Waals surface area contributed by atoms with Crippen LogP contribution in [0.5, 0.6) is 0 Å². The van der Waals surface area contributed by atoms with Crippen LogP contribution >= 0.6 is 0 Å². The molecule has 1 atom stereocenters. The zero-order valence-electron chi connectivity index (χ0n) is 54.2. The minimum Gasteiger partial charge on any atom is -0.462 e. The molecule has 0 aliphatic rings. The lowest BCUT2D eigenvalue weighted by Gasteiger charge is -2.18. The van der Waals surface area contributed by atoms with E-state index in [0.717, 1.165) is 148 Å². The number of hydrogen-bond acceptors (Lipinski definition) is 6. The molecule has 0 heterocycles. The number of ether oxygens (including phenoxy) is 3. The number of carbonyl (C=O) groups is 3. The highest BCUT2D eigenvalue weighted by molar-refractivity contribution is 5.71. The maximum atomic E-state index is 12.9. The first-order chi connectivity index (χ1) is 41.0. The monoisotopic (exact) mass is 1150 g/mol. The van der Waals surface area contributed by atoms with Crippen molar-refractivity contribution in [2.45, 2.75) is 322 Å². The van der Waals surface area contributed by atoms with Crippen LogP contribution in [-0.4, -0.2) is 37.2 Å². The van der Waals surface area contributed by atoms with Crippen LogP contribution in [0.2, 0.25) is 0 Å². The predicted molar refractivity (Wildman–Crippen MR) is 362 cm³/mol. The van der Waals surface area contributed by atoms with Gasteiger partial charge in [0.25, 0.3) is 0 Å². The SMILES string of the molecule is CC/C=C\C/C=C\C/C=C\C/C=C\C/C=C\C/C=C\C/C=C\CCCCCCCCCC(=O)OCC(COC(=O)CCCCCCCCCCCCCCCCCCC)OC(=O)CCCCCCCC/C=C\C/C=C\C/C=C\C/C=C\CC. The second-order valence-electron chi connectivity index (χ2n) is 22.7. The molecule has 0 bridgehead atoms. The lowest BCUT2D eigenvalue weighted by atomic mass is 10.0. The van der Waals surface area contributed by atoms with E-state index in [4.69, 9.17) is 14.2 Å². The third kappa shape index (κ3) is 68.2. The number of rotatable bonds is 62. The summed E-state index contributed by atoms with van der Waals surface area (Å²) in [7, 11) is 0. The molecule has 1 unspecified atom stereocenters. The van der Waals surface area contributed by atoms with Crippen LogP contribution in [0.25, 0.3) is 0 Å². The summed E-state index contributed by atoms with van der Waals surface area (Å²) in [5, 5.41) is 0. The second kappa shape index (κ2) is 70.0. The zero-order valence-corrected chi connectivity index (χ0v) is 54.2. The van der Waals surface area contributed by atoms with Gasteiger partial charge < -0.3 is 14.2 Å². The van der Waals surface area contributed by atoms with Crippen molar-refractivity contribution in [2.24, 2.45) is 0 Å². The van der Waals surface area contributed by atoms with Crippen molar-refractivity contribution < 1.29 is 28.6 Å². The smallest absolute Gasteiger partial charge is 0.306 e. The summed E-state index contributed by atoms with van der Waals surface area (Å²) in [5.41, 5.74) is 0. The third-order valence-electron chi connectivity index (χ3n) is 14.7. The summed E-state index contributed by atoms with van der Waals surface area (Å²) in [6.07, 6.45) is 98.9. The molecule has 0 aromatic carbocycles. The first kappa shape index (κ1) is 78.5. The van der Waals surface area contributed by atoms with Crippen LogP contribution in [-0.2, 0) is 28.6 Å². The average Bonchev–Trinajstić information content (AvgIpc) is 3.49. The fraction of sp³-hybridized carbons (Fsp3) is 0.675. The van der Waals surface area contributed by atoms with Crippen LogP contribution in [0.15, 0.2) is 134 Å². The Hall–Kier alpha value is -4.45. The van der Waals surface area contributed by atoms with Gasteiger partial charge in [0.2, 0.25) is 0 Å². The molecule has 0 N–H and O–H groups in total. The summed E-state index contributed by atoms with van der Waals surface area (Å²) >= 11 is 0. The average molecular weight is 1150 g/mol. The second-order valence-corrected chi connectivity index (χ2v) is 22.7. The van der Waals surface area contributed by atoms with Gasteiger partial charge >= 0.3 is 17.9 Å². The highest BCUT2D eigenvalue weighted by Crippen LogP contribution is 2.17. The van der Waals surface area contributed by atoms with Gasteiger partial charge in [-0.1, -0.05) is 315 Å². The minimum atomic E-state index is -0.796. The first-order valence-corrected chi connectivity index (χ1v) is 34.7. The standard InChI is InChI=1S/C77H128O6/c1-4-7-10-13-16-19-22-25-28-31-33-34-35-36-37-38-39-40-41-42-44-46-49-52-55-58-61-64-67-70-76(79)82-73-74(72-81-75(78)69-66-63-60-57-54-51-48-45-30-27-24-21-18-15-12-9-6-3)83-77(80)71-68-65-62-59-56-53-50-47-43-32-29-26-23-20-17-14-11-8-5-2/h7-8,10-11,16-17,19-20,25-26,28-29,33-34,36-37,39-40,42-44,47,74H,4-6,9,12-15,18,21-24,27,30-32,35,38,41,45-46,48-73H2,1-3H3/b10-7-,11-8-,19-16-,20-17-,28-25-,29-26-,34-33-,37-36-,40-39-,44-42-,47-43-. The van der Waals surface area contributed by atoms with Crippen molar-refractivity contribution in [3.63, 3.8) is 0 Å². The Balaban J connectivity index is 4.40. The Labute approximate surface area is 513 Å². The molecule has 472 valence electrons. The van der Waals surface area contributed by atoms with Crippen LogP contribution in [0.1, 0.15) is 316 Å². The molecule has 0 fully saturated rings. The van der Waals surface area contributed by atoms with Crippen LogP contribution in [0, 0.1) is 0 Å². The Morgan fingerprint density at radius 1 is 0.253 bits per heavy atom. The molecule has 6 heteroatoms. The first-order valence-electron chi connectivity index (χ1n) is 34.7. The van der Waals surface area contributed by atoms with Crippen molar-refractivity contribution >= 4 is 17.9 Å². The van der Waals surface area contributed by atoms with Crippen molar-refractivity contribution in [1.29, 1.82) is 0 Å². The summed E-state index contributed by atoms with van der Waals surface area (Å²) in [5.74, 6) is -0.904. The third-order valence-corrected chi connectivity index (χ3v) is 14.7. The van der Waals surface area contributed by atoms with Gasteiger partial charge in [0, 0.05) is 19.3 Å². The van der Waals surface area contributed by atoms with E-state index in [1.807, 2.05) is 0 Å². The topological polar surface area (TPSA) is 78.9 Å². The lowest BCUT2D eigenvalue weighted by Crippen LogP contribution is -2.30. The molecule has 83 heavy (non-hydrogen) atoms. The van der Waals surface area contributed by atoms with Crippen molar-refractivity contribution in [1.82, 2.24) is 0 Å². The quantitative estimate of drug-likeness (QED) is 0.0261. The number of allylic oxidation sites excluding steroid dienone is 22. The molecule has 0 amide bonds. The Morgan fingerprint density at radius 2 is 0.470 bits per heavy atom. The van der Waals surface area contributed by atoms with Gasteiger partial charge in [0.05, 0.1) is 0 Å². The summed E-state index contributed by atoms with van der Waals surface area (Å²) in [6.45, 7) is 6.42. The number of hydrogen-bond donors (Lipinski definition) is 0. The molecule has 0 aliphatic carbocycles. The molecule has 0 radical (unpaired) electrons. The zero-order chi connectivity index (χ0) is 59.9. The molecule has 0 rings (SSSR count). The Bertz CT molecular complexity index is 1750.